The summed E-state index contributed by atoms with van der Waals surface area (Å²) in [5, 5.41) is 0. The lowest BCUT2D eigenvalue weighted by Gasteiger charge is -2.06. The van der Waals surface area contributed by atoms with E-state index in [0.29, 0.717) is 5.56 Å². The Balaban J connectivity index is 2.84. The Morgan fingerprint density at radius 2 is 2.00 bits per heavy atom. The third kappa shape index (κ3) is 3.18. The molecule has 0 fully saturated rings. The first-order valence-corrected chi connectivity index (χ1v) is 5.44. The van der Waals surface area contributed by atoms with Crippen molar-refractivity contribution in [2.75, 3.05) is 12.9 Å². The van der Waals surface area contributed by atoms with Crippen molar-refractivity contribution in [1.29, 1.82) is 0 Å². The zero-order valence-corrected chi connectivity index (χ0v) is 9.44. The number of esters is 1. The molecule has 16 heavy (non-hydrogen) atoms. The summed E-state index contributed by atoms with van der Waals surface area (Å²) in [7, 11) is 1.22. The van der Waals surface area contributed by atoms with Gasteiger partial charge in [-0.1, -0.05) is 0 Å². The lowest BCUT2D eigenvalue weighted by atomic mass is 10.2. The van der Waals surface area contributed by atoms with Gasteiger partial charge >= 0.3 is 5.97 Å². The summed E-state index contributed by atoms with van der Waals surface area (Å²) >= 11 is 0.760. The summed E-state index contributed by atoms with van der Waals surface area (Å²) in [6, 6.07) is 2.31. The molecule has 0 aliphatic heterocycles. The van der Waals surface area contributed by atoms with E-state index in [1.54, 1.807) is 0 Å². The molecule has 2 N–H and O–H groups in total. The highest BCUT2D eigenvalue weighted by Gasteiger charge is 2.13. The predicted molar refractivity (Wildman–Crippen MR) is 57.0 cm³/mol. The van der Waals surface area contributed by atoms with E-state index in [1.165, 1.54) is 7.11 Å². The highest BCUT2D eigenvalue weighted by Crippen LogP contribution is 2.26. The van der Waals surface area contributed by atoms with Gasteiger partial charge < -0.3 is 10.5 Å². The van der Waals surface area contributed by atoms with E-state index >= 15 is 0 Å². The maximum absolute atomic E-state index is 13.4. The topological polar surface area (TPSA) is 52.3 Å². The summed E-state index contributed by atoms with van der Waals surface area (Å²) in [6.07, 6.45) is 0. The summed E-state index contributed by atoms with van der Waals surface area (Å²) < 4.78 is 31.1. The van der Waals surface area contributed by atoms with Crippen LogP contribution in [0.5, 0.6) is 0 Å². The summed E-state index contributed by atoms with van der Waals surface area (Å²) in [5.74, 6) is -2.10. The Morgan fingerprint density at radius 3 is 2.44 bits per heavy atom. The summed E-state index contributed by atoms with van der Waals surface area (Å²) in [6.45, 7) is 0.0653. The quantitative estimate of drug-likeness (QED) is 0.649. The average molecular weight is 247 g/mol. The molecule has 0 heterocycles. The van der Waals surface area contributed by atoms with Gasteiger partial charge in [-0.15, -0.1) is 11.8 Å². The number of hydrogen-bond acceptors (Lipinski definition) is 4. The summed E-state index contributed by atoms with van der Waals surface area (Å²) in [5.41, 5.74) is 5.64. The first kappa shape index (κ1) is 12.9. The molecular formula is C10H11F2NO2S. The third-order valence-corrected chi connectivity index (χ3v) is 2.91. The normalized spacial score (nSPS) is 10.2. The van der Waals surface area contributed by atoms with Crippen LogP contribution in [0.2, 0.25) is 0 Å². The number of nitrogens with two attached hydrogens (primary N) is 1. The number of carbonyl (C=O) groups excluding carboxylic acids is 1. The summed E-state index contributed by atoms with van der Waals surface area (Å²) in [4.78, 5) is 10.6. The fraction of sp³-hybridized carbons (Fsp3) is 0.300. The average Bonchev–Trinajstić information content (AvgIpc) is 2.27. The molecule has 0 aromatic heterocycles. The van der Waals surface area contributed by atoms with Gasteiger partial charge in [-0.3, -0.25) is 4.79 Å². The molecule has 0 aliphatic carbocycles. The van der Waals surface area contributed by atoms with E-state index < -0.39 is 17.6 Å². The molecule has 0 spiro atoms. The lowest BCUT2D eigenvalue weighted by molar-refractivity contribution is -0.137. The first-order chi connectivity index (χ1) is 7.58. The molecule has 1 aromatic rings. The van der Waals surface area contributed by atoms with Crippen LogP contribution < -0.4 is 5.73 Å². The number of hydrogen-bond donors (Lipinski definition) is 1. The largest absolute Gasteiger partial charge is 0.468 e. The van der Waals surface area contributed by atoms with Gasteiger partial charge in [-0.05, 0) is 17.7 Å². The van der Waals surface area contributed by atoms with Crippen molar-refractivity contribution in [2.45, 2.75) is 11.4 Å². The van der Waals surface area contributed by atoms with E-state index in [-0.39, 0.29) is 17.2 Å². The van der Waals surface area contributed by atoms with Gasteiger partial charge in [-0.25, -0.2) is 8.78 Å². The third-order valence-electron chi connectivity index (χ3n) is 1.86. The van der Waals surface area contributed by atoms with Crippen LogP contribution in [0.1, 0.15) is 5.56 Å². The van der Waals surface area contributed by atoms with Gasteiger partial charge in [0.1, 0.15) is 11.6 Å². The smallest absolute Gasteiger partial charge is 0.315 e. The second-order valence-corrected chi connectivity index (χ2v) is 3.94. The number of ether oxygens (including phenoxy) is 1. The Kier molecular flexibility index (Phi) is 4.70. The van der Waals surface area contributed by atoms with Crippen LogP contribution in [0.3, 0.4) is 0 Å². The Bertz CT molecular complexity index is 375. The van der Waals surface area contributed by atoms with Crippen LogP contribution in [0.4, 0.5) is 8.78 Å². The van der Waals surface area contributed by atoms with Crippen molar-refractivity contribution < 1.29 is 18.3 Å². The molecule has 3 nitrogen and oxygen atoms in total. The molecule has 0 aliphatic rings. The van der Waals surface area contributed by atoms with Gasteiger partial charge in [0.2, 0.25) is 0 Å². The highest BCUT2D eigenvalue weighted by molar-refractivity contribution is 8.00. The standard InChI is InChI=1S/C10H11F2NO2S/c1-15-9(14)5-16-10-7(11)2-6(4-13)3-8(10)12/h2-3H,4-5,13H2,1H3. The molecule has 1 aromatic carbocycles. The first-order valence-electron chi connectivity index (χ1n) is 4.46. The zero-order chi connectivity index (χ0) is 12.1. The number of carbonyl (C=O) groups is 1. The van der Waals surface area contributed by atoms with Gasteiger partial charge in [0.05, 0.1) is 17.8 Å². The maximum Gasteiger partial charge on any atom is 0.315 e. The van der Waals surface area contributed by atoms with E-state index in [0.717, 1.165) is 23.9 Å². The number of methoxy groups -OCH3 is 1. The monoisotopic (exact) mass is 247 g/mol. The molecule has 0 bridgehead atoms. The van der Waals surface area contributed by atoms with Crippen molar-refractivity contribution in [3.05, 3.63) is 29.3 Å². The van der Waals surface area contributed by atoms with Gasteiger partial charge in [0.15, 0.2) is 0 Å². The van der Waals surface area contributed by atoms with Crippen LogP contribution in [-0.4, -0.2) is 18.8 Å². The van der Waals surface area contributed by atoms with E-state index in [2.05, 4.69) is 4.74 Å². The second kappa shape index (κ2) is 5.81. The minimum atomic E-state index is -0.714. The van der Waals surface area contributed by atoms with Crippen molar-refractivity contribution >= 4 is 17.7 Å². The SMILES string of the molecule is COC(=O)CSc1c(F)cc(CN)cc1F. The Morgan fingerprint density at radius 1 is 1.44 bits per heavy atom. The second-order valence-electron chi connectivity index (χ2n) is 2.96. The number of halogens is 2. The molecular weight excluding hydrogens is 236 g/mol. The fourth-order valence-electron chi connectivity index (χ4n) is 1.06. The molecule has 0 atom stereocenters. The van der Waals surface area contributed by atoms with Crippen molar-refractivity contribution in [1.82, 2.24) is 0 Å². The minimum absolute atomic E-state index is 0.0653. The van der Waals surface area contributed by atoms with Crippen LogP contribution >= 0.6 is 11.8 Å². The molecule has 1 rings (SSSR count). The lowest BCUT2D eigenvalue weighted by Crippen LogP contribution is -2.05. The van der Waals surface area contributed by atoms with E-state index in [1.807, 2.05) is 0 Å². The Labute approximate surface area is 96.0 Å². The molecule has 88 valence electrons. The van der Waals surface area contributed by atoms with Crippen LogP contribution in [-0.2, 0) is 16.1 Å². The highest BCUT2D eigenvalue weighted by atomic mass is 32.2. The maximum atomic E-state index is 13.4. The van der Waals surface area contributed by atoms with Crippen molar-refractivity contribution in [2.24, 2.45) is 5.73 Å². The fourth-order valence-corrected chi connectivity index (χ4v) is 1.83. The van der Waals surface area contributed by atoms with Crippen LogP contribution in [0.25, 0.3) is 0 Å². The van der Waals surface area contributed by atoms with Gasteiger partial charge in [0, 0.05) is 6.54 Å². The predicted octanol–water partition coefficient (Wildman–Crippen LogP) is 1.69. The molecule has 0 saturated carbocycles. The van der Waals surface area contributed by atoms with Crippen molar-refractivity contribution in [3.8, 4) is 0 Å². The molecule has 0 radical (unpaired) electrons. The molecule has 0 amide bonds. The Hall–Kier alpha value is -1.14. The minimum Gasteiger partial charge on any atom is -0.468 e. The number of thioether (sulfide) groups is 1. The molecule has 0 unspecified atom stereocenters. The van der Waals surface area contributed by atoms with Gasteiger partial charge in [-0.2, -0.15) is 0 Å². The van der Waals surface area contributed by atoms with Crippen LogP contribution in [0.15, 0.2) is 17.0 Å². The van der Waals surface area contributed by atoms with Gasteiger partial charge in [0.25, 0.3) is 0 Å². The van der Waals surface area contributed by atoms with Crippen molar-refractivity contribution in [3.63, 3.8) is 0 Å². The number of benzene rings is 1. The zero-order valence-electron chi connectivity index (χ0n) is 8.63. The molecule has 0 saturated heterocycles. The van der Waals surface area contributed by atoms with E-state index in [9.17, 15) is 13.6 Å². The van der Waals surface area contributed by atoms with Crippen LogP contribution in [0, 0.1) is 11.6 Å². The van der Waals surface area contributed by atoms with E-state index in [4.69, 9.17) is 5.73 Å². The molecule has 6 heteroatoms. The number of rotatable bonds is 4.